The van der Waals surface area contributed by atoms with Crippen LogP contribution in [0.3, 0.4) is 0 Å². The van der Waals surface area contributed by atoms with Crippen LogP contribution in [0.5, 0.6) is 6.01 Å². The number of nitrogen functional groups attached to an aromatic ring is 1. The van der Waals surface area contributed by atoms with Gasteiger partial charge in [-0.05, 0) is 31.0 Å². The van der Waals surface area contributed by atoms with Crippen molar-refractivity contribution in [3.05, 3.63) is 29.6 Å². The van der Waals surface area contributed by atoms with Crippen molar-refractivity contribution in [1.29, 1.82) is 0 Å². The van der Waals surface area contributed by atoms with Crippen molar-refractivity contribution in [2.45, 2.75) is 13.3 Å². The zero-order valence-electron chi connectivity index (χ0n) is 11.0. The van der Waals surface area contributed by atoms with Crippen LogP contribution in [-0.2, 0) is 6.42 Å². The summed E-state index contributed by atoms with van der Waals surface area (Å²) in [6, 6.07) is 4.89. The van der Waals surface area contributed by atoms with Gasteiger partial charge in [0.25, 0.3) is 0 Å². The van der Waals surface area contributed by atoms with E-state index in [2.05, 4.69) is 15.0 Å². The number of anilines is 3. The number of nitrogens with two attached hydrogens (primary N) is 1. The quantitative estimate of drug-likeness (QED) is 0.918. The average molecular weight is 275 g/mol. The molecule has 20 heavy (non-hydrogen) atoms. The summed E-state index contributed by atoms with van der Waals surface area (Å²) in [6.45, 7) is 2.95. The number of benzene rings is 1. The van der Waals surface area contributed by atoms with Crippen molar-refractivity contribution in [2.24, 2.45) is 0 Å². The van der Waals surface area contributed by atoms with Gasteiger partial charge in [0.2, 0.25) is 11.9 Å². The highest BCUT2D eigenvalue weighted by Gasteiger charge is 2.24. The number of hydrogen-bond donors (Lipinski definition) is 1. The van der Waals surface area contributed by atoms with Crippen molar-refractivity contribution < 1.29 is 9.13 Å². The fourth-order valence-electron chi connectivity index (χ4n) is 2.24. The normalized spacial score (nSPS) is 13.4. The molecule has 0 fully saturated rings. The minimum atomic E-state index is -0.289. The molecule has 104 valence electrons. The van der Waals surface area contributed by atoms with E-state index in [0.717, 1.165) is 17.7 Å². The van der Waals surface area contributed by atoms with Gasteiger partial charge in [0, 0.05) is 6.54 Å². The van der Waals surface area contributed by atoms with Gasteiger partial charge in [-0.1, -0.05) is 6.07 Å². The summed E-state index contributed by atoms with van der Waals surface area (Å²) < 4.78 is 18.7. The molecule has 3 rings (SSSR count). The van der Waals surface area contributed by atoms with Crippen LogP contribution in [0.4, 0.5) is 22.0 Å². The van der Waals surface area contributed by atoms with Crippen LogP contribution in [-0.4, -0.2) is 28.1 Å². The predicted molar refractivity (Wildman–Crippen MR) is 72.5 cm³/mol. The van der Waals surface area contributed by atoms with Gasteiger partial charge in [0.15, 0.2) is 0 Å². The van der Waals surface area contributed by atoms with Crippen molar-refractivity contribution in [1.82, 2.24) is 15.0 Å². The molecule has 1 aliphatic rings. The largest absolute Gasteiger partial charge is 0.464 e. The number of aromatic nitrogens is 3. The minimum absolute atomic E-state index is 0.0864. The second-order valence-electron chi connectivity index (χ2n) is 4.38. The number of halogens is 1. The Kier molecular flexibility index (Phi) is 3.09. The molecule has 0 saturated heterocycles. The van der Waals surface area contributed by atoms with E-state index in [4.69, 9.17) is 10.5 Å². The Morgan fingerprint density at radius 1 is 1.35 bits per heavy atom. The molecule has 0 spiro atoms. The maximum atomic E-state index is 13.4. The van der Waals surface area contributed by atoms with Crippen LogP contribution < -0.4 is 15.4 Å². The lowest BCUT2D eigenvalue weighted by Gasteiger charge is -2.17. The minimum Gasteiger partial charge on any atom is -0.464 e. The molecule has 0 radical (unpaired) electrons. The van der Waals surface area contributed by atoms with E-state index >= 15 is 0 Å². The molecule has 0 aliphatic carbocycles. The van der Waals surface area contributed by atoms with Crippen molar-refractivity contribution in [3.63, 3.8) is 0 Å². The summed E-state index contributed by atoms with van der Waals surface area (Å²) >= 11 is 0. The SMILES string of the molecule is CCOc1nc(N)nc(N2CCc3ccc(F)cc32)n1. The summed E-state index contributed by atoms with van der Waals surface area (Å²) in [7, 11) is 0. The molecule has 1 aromatic carbocycles. The van der Waals surface area contributed by atoms with Crippen molar-refractivity contribution in [2.75, 3.05) is 23.8 Å². The van der Waals surface area contributed by atoms with Gasteiger partial charge in [0.05, 0.1) is 12.3 Å². The second-order valence-corrected chi connectivity index (χ2v) is 4.38. The predicted octanol–water partition coefficient (Wildman–Crippen LogP) is 1.69. The lowest BCUT2D eigenvalue weighted by molar-refractivity contribution is 0.312. The lowest BCUT2D eigenvalue weighted by atomic mass is 10.2. The molecule has 0 saturated carbocycles. The highest BCUT2D eigenvalue weighted by atomic mass is 19.1. The summed E-state index contributed by atoms with van der Waals surface area (Å²) in [4.78, 5) is 14.0. The van der Waals surface area contributed by atoms with Gasteiger partial charge in [0.1, 0.15) is 5.82 Å². The third kappa shape index (κ3) is 2.22. The van der Waals surface area contributed by atoms with E-state index in [1.54, 1.807) is 6.07 Å². The topological polar surface area (TPSA) is 77.2 Å². The van der Waals surface area contributed by atoms with Gasteiger partial charge < -0.3 is 15.4 Å². The average Bonchev–Trinajstić information content (AvgIpc) is 2.81. The number of nitrogens with zero attached hydrogens (tertiary/aromatic N) is 4. The number of fused-ring (bicyclic) bond motifs is 1. The Hall–Kier alpha value is -2.44. The molecule has 0 unspecified atom stereocenters. The molecule has 0 atom stereocenters. The van der Waals surface area contributed by atoms with Crippen LogP contribution in [0.15, 0.2) is 18.2 Å². The molecule has 0 bridgehead atoms. The first-order chi connectivity index (χ1) is 9.67. The van der Waals surface area contributed by atoms with E-state index < -0.39 is 0 Å². The molecule has 2 N–H and O–H groups in total. The number of hydrogen-bond acceptors (Lipinski definition) is 6. The molecule has 0 amide bonds. The van der Waals surface area contributed by atoms with Gasteiger partial charge in [-0.3, -0.25) is 0 Å². The lowest BCUT2D eigenvalue weighted by Crippen LogP contribution is -2.18. The molecule has 6 nitrogen and oxygen atoms in total. The van der Waals surface area contributed by atoms with Gasteiger partial charge >= 0.3 is 6.01 Å². The zero-order chi connectivity index (χ0) is 14.1. The third-order valence-corrected chi connectivity index (χ3v) is 3.08. The van der Waals surface area contributed by atoms with E-state index in [1.807, 2.05) is 11.8 Å². The zero-order valence-corrected chi connectivity index (χ0v) is 11.0. The van der Waals surface area contributed by atoms with Gasteiger partial charge in [-0.25, -0.2) is 4.39 Å². The summed E-state index contributed by atoms with van der Waals surface area (Å²) in [5.41, 5.74) is 7.48. The Balaban J connectivity index is 2.01. The van der Waals surface area contributed by atoms with E-state index in [0.29, 0.717) is 19.1 Å². The first kappa shape index (κ1) is 12.6. The molecule has 1 aromatic heterocycles. The maximum absolute atomic E-state index is 13.4. The fourth-order valence-corrected chi connectivity index (χ4v) is 2.24. The maximum Gasteiger partial charge on any atom is 0.323 e. The molecule has 2 aromatic rings. The monoisotopic (exact) mass is 275 g/mol. The van der Waals surface area contributed by atoms with Crippen molar-refractivity contribution >= 4 is 17.6 Å². The van der Waals surface area contributed by atoms with E-state index in [1.165, 1.54) is 12.1 Å². The van der Waals surface area contributed by atoms with Crippen LogP contribution in [0, 0.1) is 5.82 Å². The molecular weight excluding hydrogens is 261 g/mol. The Morgan fingerprint density at radius 2 is 2.20 bits per heavy atom. The first-order valence-electron chi connectivity index (χ1n) is 6.37. The highest BCUT2D eigenvalue weighted by Crippen LogP contribution is 2.33. The summed E-state index contributed by atoms with van der Waals surface area (Å²) in [5, 5.41) is 0. The molecular formula is C13H14FN5O. The van der Waals surface area contributed by atoms with Crippen LogP contribution >= 0.6 is 0 Å². The number of ether oxygens (including phenoxy) is 1. The Labute approximate surface area is 115 Å². The molecule has 1 aliphatic heterocycles. The standard InChI is InChI=1S/C13H14FN5O/c1-2-20-13-17-11(15)16-12(18-13)19-6-5-8-3-4-9(14)7-10(8)19/h3-4,7H,2,5-6H2,1H3,(H2,15,16,17,18). The van der Waals surface area contributed by atoms with Crippen molar-refractivity contribution in [3.8, 4) is 6.01 Å². The number of rotatable bonds is 3. The highest BCUT2D eigenvalue weighted by molar-refractivity contribution is 5.66. The van der Waals surface area contributed by atoms with Crippen LogP contribution in [0.2, 0.25) is 0 Å². The second kappa shape index (κ2) is 4.92. The summed E-state index contributed by atoms with van der Waals surface area (Å²) in [6.07, 6.45) is 0.811. The van der Waals surface area contributed by atoms with Gasteiger partial charge in [-0.15, -0.1) is 0 Å². The summed E-state index contributed by atoms with van der Waals surface area (Å²) in [5.74, 6) is 0.177. The smallest absolute Gasteiger partial charge is 0.323 e. The Bertz CT molecular complexity index is 649. The molecule has 2 heterocycles. The fraction of sp³-hybridized carbons (Fsp3) is 0.308. The Morgan fingerprint density at radius 3 is 3.00 bits per heavy atom. The molecule has 7 heteroatoms. The van der Waals surface area contributed by atoms with Crippen LogP contribution in [0.1, 0.15) is 12.5 Å². The third-order valence-electron chi connectivity index (χ3n) is 3.08. The first-order valence-corrected chi connectivity index (χ1v) is 6.37. The van der Waals surface area contributed by atoms with E-state index in [-0.39, 0.29) is 17.8 Å². The van der Waals surface area contributed by atoms with Crippen LogP contribution in [0.25, 0.3) is 0 Å². The van der Waals surface area contributed by atoms with Gasteiger partial charge in [-0.2, -0.15) is 15.0 Å². The van der Waals surface area contributed by atoms with E-state index in [9.17, 15) is 4.39 Å².